The largest absolute Gasteiger partial charge is 0.248 e. The Hall–Kier alpha value is -0.0700. The maximum absolute atomic E-state index is 11.7. The van der Waals surface area contributed by atoms with Crippen molar-refractivity contribution in [3.8, 4) is 0 Å². The van der Waals surface area contributed by atoms with Gasteiger partial charge in [-0.2, -0.15) is 0 Å². The summed E-state index contributed by atoms with van der Waals surface area (Å²) in [6.07, 6.45) is 1.06. The first-order valence-electron chi connectivity index (χ1n) is 2.41. The summed E-state index contributed by atoms with van der Waals surface area (Å²) in [5.74, 6) is 0. The zero-order chi connectivity index (χ0) is 4.99. The minimum atomic E-state index is -0.602. The van der Waals surface area contributed by atoms with Crippen LogP contribution in [0.15, 0.2) is 0 Å². The van der Waals surface area contributed by atoms with Crippen molar-refractivity contribution in [1.82, 2.24) is 0 Å². The SMILES string of the molecule is CCC[C@@H](C)F. The van der Waals surface area contributed by atoms with Crippen molar-refractivity contribution in [3.05, 3.63) is 0 Å². The average Bonchev–Trinajstić information content (AvgIpc) is 1.35. The first-order chi connectivity index (χ1) is 2.77. The number of halogens is 1. The van der Waals surface area contributed by atoms with Gasteiger partial charge in [-0.25, -0.2) is 4.39 Å². The maximum Gasteiger partial charge on any atom is 0.0973 e. The number of hydrogen-bond donors (Lipinski definition) is 0. The Morgan fingerprint density at radius 2 is 2.17 bits per heavy atom. The van der Waals surface area contributed by atoms with Gasteiger partial charge in [0.05, 0.1) is 6.17 Å². The van der Waals surface area contributed by atoms with Crippen LogP contribution in [0.2, 0.25) is 0 Å². The highest BCUT2D eigenvalue weighted by atomic mass is 19.1. The van der Waals surface area contributed by atoms with Crippen LogP contribution in [0.4, 0.5) is 4.39 Å². The molecule has 0 heterocycles. The normalized spacial score (nSPS) is 14.5. The van der Waals surface area contributed by atoms with Gasteiger partial charge in [-0.3, -0.25) is 0 Å². The Morgan fingerprint density at radius 1 is 1.67 bits per heavy atom. The van der Waals surface area contributed by atoms with E-state index in [4.69, 9.17) is 0 Å². The van der Waals surface area contributed by atoms with E-state index in [0.29, 0.717) is 6.42 Å². The van der Waals surface area contributed by atoms with Gasteiger partial charge in [-0.15, -0.1) is 0 Å². The summed E-state index contributed by atoms with van der Waals surface area (Å²) < 4.78 is 11.7. The molecule has 0 fully saturated rings. The van der Waals surface area contributed by atoms with Gasteiger partial charge in [0.25, 0.3) is 0 Å². The first kappa shape index (κ1) is 5.93. The fourth-order valence-electron chi connectivity index (χ4n) is 0.398. The lowest BCUT2D eigenvalue weighted by molar-refractivity contribution is 0.339. The highest BCUT2D eigenvalue weighted by Gasteiger charge is 1.90. The van der Waals surface area contributed by atoms with Crippen LogP contribution >= 0.6 is 0 Å². The van der Waals surface area contributed by atoms with Gasteiger partial charge in [0.15, 0.2) is 0 Å². The van der Waals surface area contributed by atoms with Crippen LogP contribution in [-0.2, 0) is 0 Å². The van der Waals surface area contributed by atoms with E-state index in [9.17, 15) is 4.39 Å². The highest BCUT2D eigenvalue weighted by molar-refractivity contribution is 4.41. The summed E-state index contributed by atoms with van der Waals surface area (Å²) in [7, 11) is 0. The summed E-state index contributed by atoms with van der Waals surface area (Å²) in [5, 5.41) is 0. The summed E-state index contributed by atoms with van der Waals surface area (Å²) in [4.78, 5) is 0. The third-order valence-corrected chi connectivity index (χ3v) is 0.686. The van der Waals surface area contributed by atoms with Crippen LogP contribution < -0.4 is 0 Å². The van der Waals surface area contributed by atoms with Gasteiger partial charge in [0.2, 0.25) is 0 Å². The monoisotopic (exact) mass is 90.1 g/mol. The van der Waals surface area contributed by atoms with Crippen LogP contribution in [0.3, 0.4) is 0 Å². The van der Waals surface area contributed by atoms with E-state index in [-0.39, 0.29) is 0 Å². The van der Waals surface area contributed by atoms with Crippen LogP contribution in [0.1, 0.15) is 26.7 Å². The standard InChI is InChI=1S/C5H11F/c1-3-4-5(2)6/h5H,3-4H2,1-2H3/t5-/m1/s1. The Kier molecular flexibility index (Phi) is 3.10. The molecule has 38 valence electrons. The molecule has 0 aromatic heterocycles. The second kappa shape index (κ2) is 3.13. The fourth-order valence-corrected chi connectivity index (χ4v) is 0.398. The molecule has 0 N–H and O–H groups in total. The van der Waals surface area contributed by atoms with Crippen molar-refractivity contribution in [2.75, 3.05) is 0 Å². The van der Waals surface area contributed by atoms with Crippen LogP contribution in [0, 0.1) is 0 Å². The highest BCUT2D eigenvalue weighted by Crippen LogP contribution is 1.97. The van der Waals surface area contributed by atoms with Crippen molar-refractivity contribution in [2.24, 2.45) is 0 Å². The van der Waals surface area contributed by atoms with Gasteiger partial charge in [0.1, 0.15) is 0 Å². The van der Waals surface area contributed by atoms with E-state index >= 15 is 0 Å². The molecule has 0 unspecified atom stereocenters. The number of alkyl halides is 1. The molecule has 0 radical (unpaired) electrons. The maximum atomic E-state index is 11.7. The summed E-state index contributed by atoms with van der Waals surface area (Å²) in [5.41, 5.74) is 0. The molecular formula is C5H11F. The van der Waals surface area contributed by atoms with E-state index < -0.39 is 6.17 Å². The van der Waals surface area contributed by atoms with Gasteiger partial charge in [-0.1, -0.05) is 13.3 Å². The van der Waals surface area contributed by atoms with E-state index in [2.05, 4.69) is 0 Å². The number of hydrogen-bond acceptors (Lipinski definition) is 0. The van der Waals surface area contributed by atoms with Crippen molar-refractivity contribution >= 4 is 0 Å². The van der Waals surface area contributed by atoms with Crippen molar-refractivity contribution in [1.29, 1.82) is 0 Å². The molecule has 0 aromatic carbocycles. The predicted octanol–water partition coefficient (Wildman–Crippen LogP) is 2.14. The molecule has 0 aliphatic carbocycles. The molecule has 0 saturated carbocycles. The topological polar surface area (TPSA) is 0 Å². The molecule has 0 saturated heterocycles. The minimum Gasteiger partial charge on any atom is -0.248 e. The molecule has 0 aliphatic heterocycles. The van der Waals surface area contributed by atoms with Gasteiger partial charge >= 0.3 is 0 Å². The van der Waals surface area contributed by atoms with E-state index in [0.717, 1.165) is 6.42 Å². The predicted molar refractivity (Wildman–Crippen MR) is 25.5 cm³/mol. The third-order valence-electron chi connectivity index (χ3n) is 0.686. The summed E-state index contributed by atoms with van der Waals surface area (Å²) >= 11 is 0. The Balaban J connectivity index is 2.63. The molecule has 0 bridgehead atoms. The second-order valence-electron chi connectivity index (χ2n) is 1.57. The smallest absolute Gasteiger partial charge is 0.0973 e. The number of rotatable bonds is 2. The van der Waals surface area contributed by atoms with E-state index in [1.807, 2.05) is 6.92 Å². The fraction of sp³-hybridized carbons (Fsp3) is 1.00. The molecule has 0 amide bonds. The lowest BCUT2D eigenvalue weighted by Crippen LogP contribution is -1.87. The van der Waals surface area contributed by atoms with Crippen LogP contribution in [-0.4, -0.2) is 6.17 Å². The molecule has 0 nitrogen and oxygen atoms in total. The quantitative estimate of drug-likeness (QED) is 0.487. The zero-order valence-electron chi connectivity index (χ0n) is 4.37. The van der Waals surface area contributed by atoms with Crippen LogP contribution in [0.5, 0.6) is 0 Å². The van der Waals surface area contributed by atoms with Crippen molar-refractivity contribution < 1.29 is 4.39 Å². The van der Waals surface area contributed by atoms with Gasteiger partial charge in [0, 0.05) is 0 Å². The molecule has 0 aliphatic rings. The Morgan fingerprint density at radius 3 is 2.17 bits per heavy atom. The third kappa shape index (κ3) is 3.93. The van der Waals surface area contributed by atoms with Crippen molar-refractivity contribution in [2.45, 2.75) is 32.9 Å². The van der Waals surface area contributed by atoms with E-state index in [1.165, 1.54) is 0 Å². The molecule has 0 rings (SSSR count). The molecule has 0 spiro atoms. The van der Waals surface area contributed by atoms with Gasteiger partial charge < -0.3 is 0 Å². The molecule has 1 atom stereocenters. The minimum absolute atomic E-state index is 0.602. The molecule has 1 heteroatoms. The van der Waals surface area contributed by atoms with E-state index in [1.54, 1.807) is 6.92 Å². The Bertz CT molecular complexity index is 25.1. The second-order valence-corrected chi connectivity index (χ2v) is 1.57. The molecule has 6 heavy (non-hydrogen) atoms. The lowest BCUT2D eigenvalue weighted by atomic mass is 10.2. The summed E-state index contributed by atoms with van der Waals surface area (Å²) in [6, 6.07) is 0. The molecular weight excluding hydrogens is 79.1 g/mol. The molecule has 0 aromatic rings. The van der Waals surface area contributed by atoms with Gasteiger partial charge in [-0.05, 0) is 13.3 Å². The summed E-state index contributed by atoms with van der Waals surface area (Å²) in [6.45, 7) is 3.57. The first-order valence-corrected chi connectivity index (χ1v) is 2.41. The Labute approximate surface area is 38.4 Å². The zero-order valence-corrected chi connectivity index (χ0v) is 4.37. The van der Waals surface area contributed by atoms with Crippen molar-refractivity contribution in [3.63, 3.8) is 0 Å². The lowest BCUT2D eigenvalue weighted by Gasteiger charge is -1.91. The van der Waals surface area contributed by atoms with Crippen LogP contribution in [0.25, 0.3) is 0 Å². The average molecular weight is 90.1 g/mol.